The number of amides is 12. The summed E-state index contributed by atoms with van der Waals surface area (Å²) in [5.41, 5.74) is -2.72. The fraction of sp³-hybridized carbons (Fsp3) is 0.653. The Morgan fingerprint density at radius 2 is 1.26 bits per heavy atom. The van der Waals surface area contributed by atoms with Crippen molar-refractivity contribution in [2.45, 2.75) is 216 Å². The molecule has 1 spiro atoms. The fourth-order valence-electron chi connectivity index (χ4n) is 15.3. The summed E-state index contributed by atoms with van der Waals surface area (Å²) in [6.45, 7) is 7.15. The molecule has 7 rings (SSSR count). The van der Waals surface area contributed by atoms with Gasteiger partial charge in [-0.15, -0.1) is 0 Å². The Labute approximate surface area is 621 Å². The number of nitrogens with zero attached hydrogens (tertiary/aromatic N) is 9. The number of nitrogens with one attached hydrogen (secondary N) is 3. The molecule has 9 atom stereocenters. The number of alkyl halides is 6. The lowest BCUT2D eigenvalue weighted by molar-refractivity contribution is -0.156. The standard InChI is InChI=1S/C75H105ClF6N12O12/c1-14-46(5)62-70(104)88(9)43-61(97)90(11)56-38-45(4)21-19-35-94(69(56)103)58(40-48-25-29-50(30-26-48)74(77,78)79)68(102)87(8)42-59(95)83-53(32-28-47-27-31-51(52(76)39-47)75(80,81)82)66(100)93-36-20-24-54(93)65(99)85-73(33-17-18-34-73)72(106)92(13)63(49-22-15-16-23-49)71(105)91(12)57(67(101)86(6)7)41-60(96)89(10)55(37-44(2)3)64(98)84-62/h21,25-27,29-31,39,44,46,49,53-58,62-63H,14-20,22-24,28,32-38,40-43H2,1-13H3,(H,83,95)(H,84,98)(H,85,99)/b45-21-/t46-,53-,54?,55-,56-,57-,58-,62-,63-/m0/s1. The van der Waals surface area contributed by atoms with Gasteiger partial charge in [-0.1, -0.05) is 101 Å². The van der Waals surface area contributed by atoms with Crippen LogP contribution in [0.3, 0.4) is 0 Å². The molecule has 2 saturated carbocycles. The van der Waals surface area contributed by atoms with Crippen LogP contribution in [-0.4, -0.2) is 251 Å². The van der Waals surface area contributed by atoms with Crippen molar-refractivity contribution in [3.63, 3.8) is 0 Å². The van der Waals surface area contributed by atoms with Gasteiger partial charge in [0.25, 0.3) is 0 Å². The molecule has 3 aliphatic heterocycles. The van der Waals surface area contributed by atoms with Crippen LogP contribution < -0.4 is 16.0 Å². The van der Waals surface area contributed by atoms with Crippen molar-refractivity contribution >= 4 is 82.5 Å². The highest BCUT2D eigenvalue weighted by Crippen LogP contribution is 2.39. The molecule has 3 heterocycles. The molecule has 0 aromatic heterocycles. The Hall–Kier alpha value is -8.31. The summed E-state index contributed by atoms with van der Waals surface area (Å²) in [6, 6.07) is -4.18. The number of carbonyl (C=O) groups excluding carboxylic acids is 12. The Kier molecular flexibility index (Phi) is 28.9. The Morgan fingerprint density at radius 3 is 1.85 bits per heavy atom. The third-order valence-corrected chi connectivity index (χ3v) is 22.1. The topological polar surface area (TPSA) is 270 Å². The smallest absolute Gasteiger partial charge is 0.347 e. The number of rotatable bonds is 11. The van der Waals surface area contributed by atoms with Crippen LogP contribution in [0.1, 0.15) is 160 Å². The van der Waals surface area contributed by atoms with E-state index in [4.69, 9.17) is 11.6 Å². The monoisotopic (exact) mass is 1510 g/mol. The number of halogens is 7. The van der Waals surface area contributed by atoms with Gasteiger partial charge in [0.05, 0.1) is 35.7 Å². The highest BCUT2D eigenvalue weighted by Gasteiger charge is 2.52. The first kappa shape index (κ1) is 84.9. The van der Waals surface area contributed by atoms with Crippen molar-refractivity contribution in [2.75, 3.05) is 82.6 Å². The third kappa shape index (κ3) is 20.5. The molecule has 2 bridgehead atoms. The summed E-state index contributed by atoms with van der Waals surface area (Å²) in [7, 11) is 11.0. The van der Waals surface area contributed by atoms with Crippen molar-refractivity contribution in [1.29, 1.82) is 0 Å². The first-order valence-electron chi connectivity index (χ1n) is 36.6. The van der Waals surface area contributed by atoms with Gasteiger partial charge in [-0.25, -0.2) is 0 Å². The van der Waals surface area contributed by atoms with Gasteiger partial charge in [-0.05, 0) is 131 Å². The molecule has 12 amide bonds. The molecule has 2 aromatic carbocycles. The van der Waals surface area contributed by atoms with Gasteiger partial charge in [0.2, 0.25) is 70.9 Å². The minimum atomic E-state index is -4.82. The zero-order valence-corrected chi connectivity index (χ0v) is 63.9. The van der Waals surface area contributed by atoms with Crippen LogP contribution in [-0.2, 0) is 82.7 Å². The molecule has 24 nitrogen and oxygen atoms in total. The highest BCUT2D eigenvalue weighted by molar-refractivity contribution is 6.31. The van der Waals surface area contributed by atoms with Gasteiger partial charge in [0, 0.05) is 75.9 Å². The van der Waals surface area contributed by atoms with Gasteiger partial charge < -0.3 is 60.0 Å². The number of likely N-dealkylation sites (N-methyl/N-ethyl adjacent to an activating group) is 7. The number of aryl methyl sites for hydroxylation is 1. The predicted octanol–water partition coefficient (Wildman–Crippen LogP) is 6.88. The van der Waals surface area contributed by atoms with E-state index in [2.05, 4.69) is 16.0 Å². The Morgan fingerprint density at radius 1 is 0.642 bits per heavy atom. The van der Waals surface area contributed by atoms with Gasteiger partial charge >= 0.3 is 12.4 Å². The second kappa shape index (κ2) is 36.1. The molecular weight excluding hydrogens is 1410 g/mol. The number of fused-ring (bicyclic) bond motifs is 3. The van der Waals surface area contributed by atoms with Crippen LogP contribution in [0, 0.1) is 17.8 Å². The summed E-state index contributed by atoms with van der Waals surface area (Å²) >= 11 is 6.15. The van der Waals surface area contributed by atoms with Gasteiger partial charge in [-0.2, -0.15) is 26.3 Å². The number of hydrogen-bond donors (Lipinski definition) is 3. The van der Waals surface area contributed by atoms with Crippen molar-refractivity contribution in [3.8, 4) is 0 Å². The molecule has 2 saturated heterocycles. The highest BCUT2D eigenvalue weighted by atomic mass is 35.5. The largest absolute Gasteiger partial charge is 0.417 e. The molecule has 4 fully saturated rings. The number of hydrogen-bond acceptors (Lipinski definition) is 12. The van der Waals surface area contributed by atoms with E-state index in [1.165, 1.54) is 80.9 Å². The van der Waals surface area contributed by atoms with E-state index in [0.29, 0.717) is 50.5 Å². The van der Waals surface area contributed by atoms with E-state index < -0.39 is 191 Å². The van der Waals surface area contributed by atoms with Gasteiger partial charge in [-0.3, -0.25) is 57.5 Å². The molecule has 3 N–H and O–H groups in total. The Balaban J connectivity index is 1.34. The summed E-state index contributed by atoms with van der Waals surface area (Å²) in [5, 5.41) is 7.92. The molecule has 5 aliphatic rings. The maximum atomic E-state index is 15.6. The lowest BCUT2D eigenvalue weighted by Crippen LogP contribution is -2.65. The Bertz CT molecular complexity index is 3600. The fourth-order valence-corrected chi connectivity index (χ4v) is 15.6. The second-order valence-electron chi connectivity index (χ2n) is 30.2. The van der Waals surface area contributed by atoms with Crippen LogP contribution in [0.25, 0.3) is 0 Å². The predicted molar refractivity (Wildman–Crippen MR) is 382 cm³/mol. The van der Waals surface area contributed by atoms with E-state index in [-0.39, 0.29) is 87.9 Å². The first-order valence-corrected chi connectivity index (χ1v) is 37.0. The average Bonchev–Trinajstić information content (AvgIpc) is 1.56. The number of benzene rings is 2. The van der Waals surface area contributed by atoms with Crippen LogP contribution in [0.5, 0.6) is 0 Å². The zero-order valence-electron chi connectivity index (χ0n) is 63.1. The lowest BCUT2D eigenvalue weighted by atomic mass is 9.90. The molecule has 1 unspecified atom stereocenters. The summed E-state index contributed by atoms with van der Waals surface area (Å²) in [5.74, 6) is -10.4. The normalized spacial score (nSPS) is 26.0. The minimum absolute atomic E-state index is 0.0462. The third-order valence-electron chi connectivity index (χ3n) is 21.8. The van der Waals surface area contributed by atoms with E-state index in [1.807, 2.05) is 13.8 Å². The van der Waals surface area contributed by atoms with Crippen molar-refractivity contribution in [3.05, 3.63) is 81.4 Å². The molecule has 2 aliphatic carbocycles. The SMILES string of the molecule is CC[C@H](C)[C@@H]1NC(=O)[C@H](CC(C)C)N(C)C(=O)C[C@@H](C(=O)N(C)C)N(C)C(=O)[C@H](C2CCCC2)N(C)C(=O)C2(CCCC2)NC(=O)C2CCCN2C(=O)[C@H](CCc2ccc(C(F)(F)F)c(Cl)c2)NC(=O)CN(C)C(=O)[C@H](Cc2ccc(C(F)(F)F)cc2)N2CC/C=C(/C)C[C@@H](C2=O)N(C)C(=O)CN(C)C1=O. The average molecular weight is 1520 g/mol. The van der Waals surface area contributed by atoms with E-state index >= 15 is 28.8 Å². The second-order valence-corrected chi connectivity index (χ2v) is 30.6. The summed E-state index contributed by atoms with van der Waals surface area (Å²) in [6.07, 6.45) is -4.96. The van der Waals surface area contributed by atoms with Crippen molar-refractivity contribution in [1.82, 2.24) is 60.0 Å². The van der Waals surface area contributed by atoms with Crippen LogP contribution >= 0.6 is 11.6 Å². The molecule has 586 valence electrons. The number of carbonyl (C=O) groups is 12. The maximum Gasteiger partial charge on any atom is 0.417 e. The van der Waals surface area contributed by atoms with Crippen LogP contribution in [0.15, 0.2) is 54.1 Å². The molecule has 0 radical (unpaired) electrons. The minimum Gasteiger partial charge on any atom is -0.347 e. The quantitative estimate of drug-likeness (QED) is 0.154. The summed E-state index contributed by atoms with van der Waals surface area (Å²) < 4.78 is 83.8. The van der Waals surface area contributed by atoms with Crippen LogP contribution in [0.4, 0.5) is 26.3 Å². The maximum absolute atomic E-state index is 15.6. The first-order chi connectivity index (χ1) is 49.6. The molecule has 31 heteroatoms. The van der Waals surface area contributed by atoms with Gasteiger partial charge in [0.15, 0.2) is 0 Å². The zero-order chi connectivity index (χ0) is 78.8. The van der Waals surface area contributed by atoms with Crippen molar-refractivity contribution in [2.24, 2.45) is 17.8 Å². The van der Waals surface area contributed by atoms with E-state index in [1.54, 1.807) is 26.8 Å². The lowest BCUT2D eigenvalue weighted by Gasteiger charge is -2.42. The molecule has 2 aromatic rings. The molecular formula is C75H105ClF6N12O12. The van der Waals surface area contributed by atoms with E-state index in [0.717, 1.165) is 62.1 Å². The summed E-state index contributed by atoms with van der Waals surface area (Å²) in [4.78, 5) is 191. The van der Waals surface area contributed by atoms with Gasteiger partial charge in [0.1, 0.15) is 53.9 Å². The molecule has 106 heavy (non-hydrogen) atoms. The van der Waals surface area contributed by atoms with E-state index in [9.17, 15) is 55.1 Å². The van der Waals surface area contributed by atoms with Crippen molar-refractivity contribution < 1.29 is 83.9 Å². The van der Waals surface area contributed by atoms with Crippen LogP contribution in [0.2, 0.25) is 5.02 Å².